The van der Waals surface area contributed by atoms with Crippen LogP contribution in [0.2, 0.25) is 0 Å². The maximum atomic E-state index is 13.6. The normalized spacial score (nSPS) is 15.3. The SMILES string of the molecule is Cc1[nH]c2ccc(F)cc2c1CC(=O)Nc1nc(CN2CCOCC2)cs1. The van der Waals surface area contributed by atoms with Gasteiger partial charge in [0.15, 0.2) is 5.13 Å². The van der Waals surface area contributed by atoms with E-state index in [2.05, 4.69) is 20.2 Å². The number of benzene rings is 1. The third kappa shape index (κ3) is 4.18. The first kappa shape index (κ1) is 18.1. The molecule has 1 aliphatic rings. The summed E-state index contributed by atoms with van der Waals surface area (Å²) in [5.41, 5.74) is 3.46. The van der Waals surface area contributed by atoms with Gasteiger partial charge in [-0.25, -0.2) is 9.37 Å². The molecule has 0 atom stereocenters. The highest BCUT2D eigenvalue weighted by molar-refractivity contribution is 7.13. The molecule has 142 valence electrons. The van der Waals surface area contributed by atoms with Gasteiger partial charge in [-0.3, -0.25) is 9.69 Å². The maximum Gasteiger partial charge on any atom is 0.230 e. The van der Waals surface area contributed by atoms with Crippen molar-refractivity contribution >= 4 is 33.3 Å². The van der Waals surface area contributed by atoms with Crippen molar-refractivity contribution in [2.75, 3.05) is 31.6 Å². The summed E-state index contributed by atoms with van der Waals surface area (Å²) in [6.07, 6.45) is 0.174. The molecule has 0 radical (unpaired) electrons. The maximum absolute atomic E-state index is 13.6. The molecule has 3 heterocycles. The second kappa shape index (κ2) is 7.75. The quantitative estimate of drug-likeness (QED) is 0.705. The summed E-state index contributed by atoms with van der Waals surface area (Å²) in [6, 6.07) is 4.57. The van der Waals surface area contributed by atoms with Crippen LogP contribution in [0.1, 0.15) is 17.0 Å². The van der Waals surface area contributed by atoms with E-state index in [1.54, 1.807) is 6.07 Å². The lowest BCUT2D eigenvalue weighted by Gasteiger charge is -2.25. The second-order valence-corrected chi connectivity index (χ2v) is 7.53. The van der Waals surface area contributed by atoms with Crippen LogP contribution < -0.4 is 5.32 Å². The van der Waals surface area contributed by atoms with E-state index in [0.29, 0.717) is 5.13 Å². The van der Waals surface area contributed by atoms with Gasteiger partial charge in [0.05, 0.1) is 25.3 Å². The number of carbonyl (C=O) groups excluding carboxylic acids is 1. The number of rotatable bonds is 5. The van der Waals surface area contributed by atoms with E-state index in [9.17, 15) is 9.18 Å². The number of aryl methyl sites for hydroxylation is 1. The van der Waals surface area contributed by atoms with Crippen molar-refractivity contribution in [2.24, 2.45) is 0 Å². The van der Waals surface area contributed by atoms with Gasteiger partial charge in [-0.1, -0.05) is 0 Å². The Morgan fingerprint density at radius 2 is 2.22 bits per heavy atom. The zero-order valence-electron chi connectivity index (χ0n) is 15.0. The highest BCUT2D eigenvalue weighted by Crippen LogP contribution is 2.24. The lowest BCUT2D eigenvalue weighted by Crippen LogP contribution is -2.35. The molecule has 27 heavy (non-hydrogen) atoms. The molecule has 0 spiro atoms. The number of H-pyrrole nitrogens is 1. The first-order chi connectivity index (χ1) is 13.1. The summed E-state index contributed by atoms with van der Waals surface area (Å²) in [5.74, 6) is -0.466. The number of thiazole rings is 1. The van der Waals surface area contributed by atoms with Gasteiger partial charge in [0, 0.05) is 41.6 Å². The first-order valence-electron chi connectivity index (χ1n) is 8.89. The molecule has 0 unspecified atom stereocenters. The van der Waals surface area contributed by atoms with E-state index in [0.717, 1.165) is 60.7 Å². The van der Waals surface area contributed by atoms with Crippen LogP contribution >= 0.6 is 11.3 Å². The molecule has 3 aromatic rings. The predicted octanol–water partition coefficient (Wildman–Crippen LogP) is 3.09. The van der Waals surface area contributed by atoms with Crippen molar-refractivity contribution in [1.82, 2.24) is 14.9 Å². The van der Waals surface area contributed by atoms with Gasteiger partial charge in [-0.05, 0) is 30.7 Å². The van der Waals surface area contributed by atoms with Crippen LogP contribution in [0.15, 0.2) is 23.6 Å². The molecule has 1 aliphatic heterocycles. The number of morpholine rings is 1. The number of aromatic nitrogens is 2. The fourth-order valence-corrected chi connectivity index (χ4v) is 4.05. The lowest BCUT2D eigenvalue weighted by molar-refractivity contribution is -0.115. The number of ether oxygens (including phenoxy) is 1. The summed E-state index contributed by atoms with van der Waals surface area (Å²) in [7, 11) is 0. The number of halogens is 1. The van der Waals surface area contributed by atoms with Crippen LogP contribution in [0.3, 0.4) is 0 Å². The Balaban J connectivity index is 1.41. The Morgan fingerprint density at radius 1 is 1.41 bits per heavy atom. The number of hydrogen-bond acceptors (Lipinski definition) is 5. The molecule has 1 fully saturated rings. The Kier molecular flexibility index (Phi) is 5.20. The number of nitrogens with one attached hydrogen (secondary N) is 2. The smallest absolute Gasteiger partial charge is 0.230 e. The summed E-state index contributed by atoms with van der Waals surface area (Å²) in [5, 5.41) is 6.17. The monoisotopic (exact) mass is 388 g/mol. The van der Waals surface area contributed by atoms with E-state index < -0.39 is 0 Å². The average molecular weight is 388 g/mol. The minimum absolute atomic E-state index is 0.157. The third-order valence-corrected chi connectivity index (χ3v) is 5.51. The second-order valence-electron chi connectivity index (χ2n) is 6.68. The summed E-state index contributed by atoms with van der Waals surface area (Å²) in [6.45, 7) is 5.95. The fraction of sp³-hybridized carbons (Fsp3) is 0.368. The molecule has 0 bridgehead atoms. The molecular weight excluding hydrogens is 367 g/mol. The number of fused-ring (bicyclic) bond motifs is 1. The van der Waals surface area contributed by atoms with Gasteiger partial charge in [0.25, 0.3) is 0 Å². The van der Waals surface area contributed by atoms with Gasteiger partial charge in [0.2, 0.25) is 5.91 Å². The first-order valence-corrected chi connectivity index (χ1v) is 9.77. The van der Waals surface area contributed by atoms with E-state index in [4.69, 9.17) is 4.74 Å². The zero-order valence-corrected chi connectivity index (χ0v) is 15.9. The molecular formula is C19H21FN4O2S. The van der Waals surface area contributed by atoms with Gasteiger partial charge in [-0.2, -0.15) is 0 Å². The minimum Gasteiger partial charge on any atom is -0.379 e. The van der Waals surface area contributed by atoms with Crippen molar-refractivity contribution in [3.8, 4) is 0 Å². The minimum atomic E-state index is -0.309. The van der Waals surface area contributed by atoms with Gasteiger partial charge in [-0.15, -0.1) is 11.3 Å². The average Bonchev–Trinajstić information content (AvgIpc) is 3.20. The lowest BCUT2D eigenvalue weighted by atomic mass is 10.1. The molecule has 4 rings (SSSR count). The Morgan fingerprint density at radius 3 is 3.04 bits per heavy atom. The van der Waals surface area contributed by atoms with Gasteiger partial charge >= 0.3 is 0 Å². The summed E-state index contributed by atoms with van der Waals surface area (Å²) >= 11 is 1.42. The number of amides is 1. The summed E-state index contributed by atoms with van der Waals surface area (Å²) < 4.78 is 18.9. The fourth-order valence-electron chi connectivity index (χ4n) is 3.33. The molecule has 1 saturated heterocycles. The molecule has 1 amide bonds. The molecule has 0 saturated carbocycles. The van der Waals surface area contributed by atoms with Crippen molar-refractivity contribution < 1.29 is 13.9 Å². The van der Waals surface area contributed by atoms with E-state index in [1.807, 2.05) is 12.3 Å². The number of anilines is 1. The van der Waals surface area contributed by atoms with E-state index >= 15 is 0 Å². The molecule has 8 heteroatoms. The molecule has 1 aromatic carbocycles. The van der Waals surface area contributed by atoms with Crippen LogP contribution in [-0.4, -0.2) is 47.1 Å². The standard InChI is InChI=1S/C19H21FN4O2S/c1-12-15(16-8-13(20)2-3-17(16)21-12)9-18(25)23-19-22-14(11-27-19)10-24-4-6-26-7-5-24/h2-3,8,11,21H,4-7,9-10H2,1H3,(H,22,23,25). The summed E-state index contributed by atoms with van der Waals surface area (Å²) in [4.78, 5) is 22.5. The predicted molar refractivity (Wildman–Crippen MR) is 104 cm³/mol. The van der Waals surface area contributed by atoms with Crippen LogP contribution in [0, 0.1) is 12.7 Å². The number of nitrogens with zero attached hydrogens (tertiary/aromatic N) is 2. The van der Waals surface area contributed by atoms with Crippen molar-refractivity contribution in [3.05, 3.63) is 46.3 Å². The molecule has 6 nitrogen and oxygen atoms in total. The highest BCUT2D eigenvalue weighted by atomic mass is 32.1. The van der Waals surface area contributed by atoms with Crippen LogP contribution in [0.5, 0.6) is 0 Å². The van der Waals surface area contributed by atoms with Crippen LogP contribution in [-0.2, 0) is 22.5 Å². The molecule has 2 aromatic heterocycles. The van der Waals surface area contributed by atoms with Crippen LogP contribution in [0.25, 0.3) is 10.9 Å². The van der Waals surface area contributed by atoms with E-state index in [1.165, 1.54) is 23.5 Å². The topological polar surface area (TPSA) is 70.2 Å². The van der Waals surface area contributed by atoms with Crippen molar-refractivity contribution in [2.45, 2.75) is 19.9 Å². The van der Waals surface area contributed by atoms with Crippen molar-refractivity contribution in [3.63, 3.8) is 0 Å². The Labute approximate surface area is 160 Å². The number of carbonyl (C=O) groups is 1. The third-order valence-electron chi connectivity index (χ3n) is 4.71. The van der Waals surface area contributed by atoms with Crippen molar-refractivity contribution in [1.29, 1.82) is 0 Å². The largest absolute Gasteiger partial charge is 0.379 e. The van der Waals surface area contributed by atoms with Gasteiger partial charge < -0.3 is 15.0 Å². The number of aromatic amines is 1. The zero-order chi connectivity index (χ0) is 18.8. The Hall–Kier alpha value is -2.29. The van der Waals surface area contributed by atoms with Crippen LogP contribution in [0.4, 0.5) is 9.52 Å². The van der Waals surface area contributed by atoms with Gasteiger partial charge in [0.1, 0.15) is 5.82 Å². The highest BCUT2D eigenvalue weighted by Gasteiger charge is 2.16. The number of hydrogen-bond donors (Lipinski definition) is 2. The Bertz CT molecular complexity index is 962. The van der Waals surface area contributed by atoms with E-state index in [-0.39, 0.29) is 18.1 Å². The molecule has 0 aliphatic carbocycles. The molecule has 2 N–H and O–H groups in total.